The van der Waals surface area contributed by atoms with Crippen molar-refractivity contribution >= 4 is 5.91 Å². The quantitative estimate of drug-likeness (QED) is 0.783. The van der Waals surface area contributed by atoms with Gasteiger partial charge in [-0.3, -0.25) is 4.79 Å². The molecule has 3 fully saturated rings. The molecule has 102 valence electrons. The van der Waals surface area contributed by atoms with Gasteiger partial charge in [-0.2, -0.15) is 0 Å². The molecule has 0 aromatic heterocycles. The van der Waals surface area contributed by atoms with Crippen molar-refractivity contribution in [2.24, 2.45) is 34.8 Å². The highest BCUT2D eigenvalue weighted by Crippen LogP contribution is 2.65. The minimum Gasteiger partial charge on any atom is -0.352 e. The van der Waals surface area contributed by atoms with Crippen LogP contribution in [0, 0.1) is 29.1 Å². The van der Waals surface area contributed by atoms with Crippen molar-refractivity contribution in [3.63, 3.8) is 0 Å². The molecule has 0 radical (unpaired) electrons. The monoisotopic (exact) mass is 250 g/mol. The number of nitrogens with two attached hydrogens (primary N) is 1. The SMILES string of the molecule is CCC(CC)(CN)C(=O)NC1C2C3CCC(C3)C12. The minimum absolute atomic E-state index is 0.216. The van der Waals surface area contributed by atoms with Crippen molar-refractivity contribution in [2.45, 2.75) is 52.0 Å². The van der Waals surface area contributed by atoms with Gasteiger partial charge in [0.25, 0.3) is 0 Å². The zero-order valence-electron chi connectivity index (χ0n) is 11.6. The summed E-state index contributed by atoms with van der Waals surface area (Å²) in [5.41, 5.74) is 5.52. The van der Waals surface area contributed by atoms with Gasteiger partial charge >= 0.3 is 0 Å². The molecule has 0 spiro atoms. The number of carbonyl (C=O) groups excluding carboxylic acids is 1. The molecule has 3 aliphatic carbocycles. The lowest BCUT2D eigenvalue weighted by atomic mass is 9.81. The van der Waals surface area contributed by atoms with Crippen molar-refractivity contribution in [3.8, 4) is 0 Å². The van der Waals surface area contributed by atoms with Crippen LogP contribution in [-0.2, 0) is 4.79 Å². The second-order valence-electron chi connectivity index (χ2n) is 6.68. The van der Waals surface area contributed by atoms with Crippen molar-refractivity contribution in [3.05, 3.63) is 0 Å². The van der Waals surface area contributed by atoms with E-state index in [-0.39, 0.29) is 11.3 Å². The average molecular weight is 250 g/mol. The molecule has 4 atom stereocenters. The predicted molar refractivity (Wildman–Crippen MR) is 71.8 cm³/mol. The Balaban J connectivity index is 1.63. The predicted octanol–water partition coefficient (Wildman–Crippen LogP) is 1.91. The Morgan fingerprint density at radius 1 is 1.22 bits per heavy atom. The molecule has 0 heterocycles. The van der Waals surface area contributed by atoms with Crippen LogP contribution in [0.15, 0.2) is 0 Å². The van der Waals surface area contributed by atoms with Gasteiger partial charge in [0.15, 0.2) is 0 Å². The van der Waals surface area contributed by atoms with E-state index >= 15 is 0 Å². The summed E-state index contributed by atoms with van der Waals surface area (Å²) < 4.78 is 0. The fraction of sp³-hybridized carbons (Fsp3) is 0.933. The molecular weight excluding hydrogens is 224 g/mol. The topological polar surface area (TPSA) is 55.1 Å². The van der Waals surface area contributed by atoms with E-state index in [4.69, 9.17) is 5.73 Å². The highest BCUT2D eigenvalue weighted by molar-refractivity contribution is 5.83. The van der Waals surface area contributed by atoms with Crippen LogP contribution in [0.25, 0.3) is 0 Å². The second kappa shape index (κ2) is 4.22. The maximum Gasteiger partial charge on any atom is 0.227 e. The molecule has 0 saturated heterocycles. The first-order valence-electron chi connectivity index (χ1n) is 7.68. The van der Waals surface area contributed by atoms with Crippen molar-refractivity contribution in [1.29, 1.82) is 0 Å². The molecule has 3 nitrogen and oxygen atoms in total. The first-order chi connectivity index (χ1) is 8.66. The van der Waals surface area contributed by atoms with Crippen LogP contribution >= 0.6 is 0 Å². The molecule has 3 heteroatoms. The minimum atomic E-state index is -0.323. The lowest BCUT2D eigenvalue weighted by Crippen LogP contribution is -2.47. The summed E-state index contributed by atoms with van der Waals surface area (Å²) in [4.78, 5) is 12.5. The Morgan fingerprint density at radius 3 is 2.22 bits per heavy atom. The third kappa shape index (κ3) is 1.56. The fourth-order valence-corrected chi connectivity index (χ4v) is 4.78. The summed E-state index contributed by atoms with van der Waals surface area (Å²) in [6.45, 7) is 4.63. The molecule has 1 amide bonds. The summed E-state index contributed by atoms with van der Waals surface area (Å²) >= 11 is 0. The molecular formula is C15H26N2O. The number of hydrogen-bond donors (Lipinski definition) is 2. The molecule has 0 aromatic rings. The van der Waals surface area contributed by atoms with Crippen molar-refractivity contribution in [1.82, 2.24) is 5.32 Å². The van der Waals surface area contributed by atoms with Crippen LogP contribution in [-0.4, -0.2) is 18.5 Å². The van der Waals surface area contributed by atoms with E-state index in [1.165, 1.54) is 19.3 Å². The van der Waals surface area contributed by atoms with Crippen molar-refractivity contribution < 1.29 is 4.79 Å². The molecule has 4 unspecified atom stereocenters. The zero-order chi connectivity index (χ0) is 12.9. The van der Waals surface area contributed by atoms with Gasteiger partial charge in [0.05, 0.1) is 5.41 Å². The Hall–Kier alpha value is -0.570. The van der Waals surface area contributed by atoms with E-state index in [2.05, 4.69) is 19.2 Å². The van der Waals surface area contributed by atoms with E-state index in [0.29, 0.717) is 12.6 Å². The van der Waals surface area contributed by atoms with Crippen LogP contribution in [0.2, 0.25) is 0 Å². The molecule has 3 rings (SSSR count). The lowest BCUT2D eigenvalue weighted by Gasteiger charge is -2.29. The number of carbonyl (C=O) groups is 1. The van der Waals surface area contributed by atoms with Crippen LogP contribution in [0.5, 0.6) is 0 Å². The smallest absolute Gasteiger partial charge is 0.227 e. The number of rotatable bonds is 5. The normalized spacial score (nSPS) is 40.7. The van der Waals surface area contributed by atoms with Crippen LogP contribution < -0.4 is 11.1 Å². The number of amides is 1. The van der Waals surface area contributed by atoms with Gasteiger partial charge in [-0.05, 0) is 55.8 Å². The summed E-state index contributed by atoms with van der Waals surface area (Å²) in [5.74, 6) is 3.68. The molecule has 3 aliphatic rings. The average Bonchev–Trinajstić information content (AvgIpc) is 2.79. The maximum atomic E-state index is 12.5. The van der Waals surface area contributed by atoms with Gasteiger partial charge in [0.2, 0.25) is 5.91 Å². The molecule has 0 aliphatic heterocycles. The lowest BCUT2D eigenvalue weighted by molar-refractivity contribution is -0.131. The Morgan fingerprint density at radius 2 is 1.78 bits per heavy atom. The van der Waals surface area contributed by atoms with E-state index in [1.807, 2.05) is 0 Å². The highest BCUT2D eigenvalue weighted by atomic mass is 16.2. The van der Waals surface area contributed by atoms with Crippen LogP contribution in [0.4, 0.5) is 0 Å². The van der Waals surface area contributed by atoms with Crippen molar-refractivity contribution in [2.75, 3.05) is 6.54 Å². The largest absolute Gasteiger partial charge is 0.352 e. The first kappa shape index (κ1) is 12.5. The van der Waals surface area contributed by atoms with E-state index < -0.39 is 0 Å². The number of hydrogen-bond acceptors (Lipinski definition) is 2. The van der Waals surface area contributed by atoms with Gasteiger partial charge in [-0.25, -0.2) is 0 Å². The van der Waals surface area contributed by atoms with Gasteiger partial charge in [-0.1, -0.05) is 13.8 Å². The molecule has 0 aromatic carbocycles. The summed E-state index contributed by atoms with van der Waals surface area (Å²) in [7, 11) is 0. The molecule has 3 saturated carbocycles. The van der Waals surface area contributed by atoms with E-state index in [0.717, 1.165) is 36.5 Å². The third-order valence-electron chi connectivity index (χ3n) is 6.26. The standard InChI is InChI=1S/C15H26N2O/c1-3-15(4-2,8-16)14(18)17-13-11-9-5-6-10(7-9)12(11)13/h9-13H,3-8,16H2,1-2H3,(H,17,18). The van der Waals surface area contributed by atoms with E-state index in [9.17, 15) is 4.79 Å². The molecule has 18 heavy (non-hydrogen) atoms. The number of fused-ring (bicyclic) bond motifs is 5. The van der Waals surface area contributed by atoms with E-state index in [1.54, 1.807) is 0 Å². The van der Waals surface area contributed by atoms with Gasteiger partial charge in [0, 0.05) is 12.6 Å². The summed E-state index contributed by atoms with van der Waals surface area (Å²) in [6.07, 6.45) is 5.94. The van der Waals surface area contributed by atoms with Crippen LogP contribution in [0.1, 0.15) is 46.0 Å². The zero-order valence-corrected chi connectivity index (χ0v) is 11.6. The summed E-state index contributed by atoms with van der Waals surface area (Å²) in [5, 5.41) is 3.33. The molecule has 2 bridgehead atoms. The number of nitrogens with one attached hydrogen (secondary N) is 1. The first-order valence-corrected chi connectivity index (χ1v) is 7.68. The Bertz CT molecular complexity index is 326. The maximum absolute atomic E-state index is 12.5. The third-order valence-corrected chi connectivity index (χ3v) is 6.26. The fourth-order valence-electron chi connectivity index (χ4n) is 4.78. The highest BCUT2D eigenvalue weighted by Gasteiger charge is 2.65. The van der Waals surface area contributed by atoms with Gasteiger partial charge in [-0.15, -0.1) is 0 Å². The Kier molecular flexibility index (Phi) is 2.92. The Labute approximate surface area is 110 Å². The molecule has 3 N–H and O–H groups in total. The van der Waals surface area contributed by atoms with Crippen LogP contribution in [0.3, 0.4) is 0 Å². The second-order valence-corrected chi connectivity index (χ2v) is 6.68. The summed E-state index contributed by atoms with van der Waals surface area (Å²) in [6, 6.07) is 0.493. The van der Waals surface area contributed by atoms with Gasteiger partial charge in [0.1, 0.15) is 0 Å². The van der Waals surface area contributed by atoms with Gasteiger partial charge < -0.3 is 11.1 Å².